The van der Waals surface area contributed by atoms with Crippen LogP contribution in [0.3, 0.4) is 0 Å². The highest BCUT2D eigenvalue weighted by Gasteiger charge is 2.44. The summed E-state index contributed by atoms with van der Waals surface area (Å²) in [7, 11) is 0. The van der Waals surface area contributed by atoms with Crippen molar-refractivity contribution in [2.45, 2.75) is 105 Å². The topological polar surface area (TPSA) is 8.17 Å². The minimum Gasteiger partial charge on any atom is -0.375 e. The smallest absolute Gasteiger partial charge is 0.333 e. The van der Waals surface area contributed by atoms with Gasteiger partial charge in [-0.2, -0.15) is 0 Å². The van der Waals surface area contributed by atoms with Crippen LogP contribution in [0.15, 0.2) is 115 Å². The van der Waals surface area contributed by atoms with Gasteiger partial charge in [-0.3, -0.25) is 0 Å². The molecule has 0 fully saturated rings. The number of rotatable bonds is 2. The van der Waals surface area contributed by atoms with Gasteiger partial charge in [-0.15, -0.1) is 0 Å². The van der Waals surface area contributed by atoms with Crippen LogP contribution in [0.4, 0.5) is 17.1 Å². The van der Waals surface area contributed by atoms with Gasteiger partial charge < -0.3 is 9.38 Å². The van der Waals surface area contributed by atoms with Crippen LogP contribution in [0, 0.1) is 0 Å². The van der Waals surface area contributed by atoms with Crippen LogP contribution < -0.4 is 15.8 Å². The molecule has 2 aliphatic heterocycles. The first kappa shape index (κ1) is 35.7. The molecule has 0 N–H and O–H groups in total. The van der Waals surface area contributed by atoms with Crippen molar-refractivity contribution in [1.29, 1.82) is 0 Å². The van der Waals surface area contributed by atoms with Crippen molar-refractivity contribution in [3.8, 4) is 22.3 Å². The molecule has 0 saturated heterocycles. The molecule has 0 saturated carbocycles. The molecule has 0 bridgehead atoms. The molecular weight excluding hydrogens is 663 g/mol. The van der Waals surface area contributed by atoms with Gasteiger partial charge in [0.1, 0.15) is 0 Å². The Balaban J connectivity index is 1.46. The summed E-state index contributed by atoms with van der Waals surface area (Å²) in [6.07, 6.45) is 0. The molecule has 0 unspecified atom stereocenters. The predicted molar refractivity (Wildman–Crippen MR) is 240 cm³/mol. The van der Waals surface area contributed by atoms with E-state index in [1.165, 1.54) is 94.3 Å². The van der Waals surface area contributed by atoms with E-state index in [1.54, 1.807) is 0 Å². The second-order valence-electron chi connectivity index (χ2n) is 20.4. The van der Waals surface area contributed by atoms with Crippen molar-refractivity contribution in [2.75, 3.05) is 4.90 Å². The van der Waals surface area contributed by atoms with E-state index in [1.807, 2.05) is 0 Å². The largest absolute Gasteiger partial charge is 0.375 e. The van der Waals surface area contributed by atoms with Crippen molar-refractivity contribution in [1.82, 2.24) is 4.48 Å². The monoisotopic (exact) mass is 718 g/mol. The number of hydrogen-bond donors (Lipinski definition) is 0. The number of aromatic nitrogens is 1. The molecule has 1 aromatic heterocycles. The van der Waals surface area contributed by atoms with Crippen LogP contribution >= 0.6 is 0 Å². The van der Waals surface area contributed by atoms with Gasteiger partial charge >= 0.3 is 6.85 Å². The highest BCUT2D eigenvalue weighted by molar-refractivity contribution is 6.90. The third-order valence-electron chi connectivity index (χ3n) is 12.4. The molecule has 2 aliphatic rings. The zero-order valence-corrected chi connectivity index (χ0v) is 34.9. The van der Waals surface area contributed by atoms with Gasteiger partial charge in [0, 0.05) is 44.4 Å². The molecule has 6 aromatic carbocycles. The molecule has 0 spiro atoms. The van der Waals surface area contributed by atoms with Crippen molar-refractivity contribution >= 4 is 56.6 Å². The maximum atomic E-state index is 2.73. The van der Waals surface area contributed by atoms with Gasteiger partial charge in [-0.1, -0.05) is 162 Å². The molecule has 7 aromatic rings. The second-order valence-corrected chi connectivity index (χ2v) is 20.4. The summed E-state index contributed by atoms with van der Waals surface area (Å²) in [4.78, 5) is 2.57. The molecule has 0 atom stereocenters. The maximum Gasteiger partial charge on any atom is 0.333 e. The summed E-state index contributed by atoms with van der Waals surface area (Å²) in [5, 5.41) is 2.69. The fourth-order valence-electron chi connectivity index (χ4n) is 9.14. The molecule has 55 heavy (non-hydrogen) atoms. The number of fused-ring (bicyclic) bond motifs is 7. The van der Waals surface area contributed by atoms with Gasteiger partial charge in [-0.05, 0) is 108 Å². The van der Waals surface area contributed by atoms with Crippen molar-refractivity contribution in [2.24, 2.45) is 0 Å². The van der Waals surface area contributed by atoms with Gasteiger partial charge in [0.15, 0.2) is 0 Å². The van der Waals surface area contributed by atoms with E-state index in [0.29, 0.717) is 0 Å². The molecule has 0 aliphatic carbocycles. The Kier molecular flexibility index (Phi) is 7.62. The standard InChI is InChI=1S/C52H55BN2/c1-49(2,3)33-18-22-37(23-19-33)54-44-27-21-35(51(7,8)9)30-42(44)53-47-40(29-36(31-45(47)54)52(10,11)12)39-25-24-38(32-16-14-13-15-17-32)46-41-28-34(50(4,5)6)20-26-43(41)55(53)48(39)46/h13-31H,1-12H3. The Bertz CT molecular complexity index is 2670. The summed E-state index contributed by atoms with van der Waals surface area (Å²) in [5.74, 6) is 0. The Hall–Kier alpha value is -5.02. The zero-order valence-electron chi connectivity index (χ0n) is 34.9. The lowest BCUT2D eigenvalue weighted by atomic mass is 9.44. The minimum atomic E-state index is -0.0476. The molecule has 9 rings (SSSR count). The minimum absolute atomic E-state index is 0.000395. The summed E-state index contributed by atoms with van der Waals surface area (Å²) in [6.45, 7) is 28.0. The second kappa shape index (κ2) is 11.7. The summed E-state index contributed by atoms with van der Waals surface area (Å²) >= 11 is 0. The molecule has 0 amide bonds. The van der Waals surface area contributed by atoms with Gasteiger partial charge in [0.05, 0.1) is 0 Å². The Morgan fingerprint density at radius 3 is 1.67 bits per heavy atom. The van der Waals surface area contributed by atoms with Crippen LogP contribution in [0.1, 0.15) is 105 Å². The van der Waals surface area contributed by atoms with E-state index in [4.69, 9.17) is 0 Å². The van der Waals surface area contributed by atoms with E-state index >= 15 is 0 Å². The fraction of sp³-hybridized carbons (Fsp3) is 0.308. The first-order valence-corrected chi connectivity index (χ1v) is 20.2. The highest BCUT2D eigenvalue weighted by atomic mass is 15.2. The summed E-state index contributed by atoms with van der Waals surface area (Å²) in [5.41, 5.74) is 19.8. The quantitative estimate of drug-likeness (QED) is 0.162. The van der Waals surface area contributed by atoms with Crippen LogP contribution in [0.2, 0.25) is 0 Å². The van der Waals surface area contributed by atoms with E-state index in [0.717, 1.165) is 0 Å². The predicted octanol–water partition coefficient (Wildman–Crippen LogP) is 13.1. The molecule has 3 heteroatoms. The lowest BCUT2D eigenvalue weighted by Crippen LogP contribution is -2.57. The Morgan fingerprint density at radius 1 is 0.455 bits per heavy atom. The Morgan fingerprint density at radius 2 is 1.04 bits per heavy atom. The Labute approximate surface area is 329 Å². The molecular formula is C52H55BN2. The van der Waals surface area contributed by atoms with Crippen LogP contribution in [-0.4, -0.2) is 11.3 Å². The summed E-state index contributed by atoms with van der Waals surface area (Å²) in [6, 6.07) is 44.9. The van der Waals surface area contributed by atoms with Crippen LogP contribution in [0.25, 0.3) is 44.1 Å². The SMILES string of the molecule is CC(C)(C)c1ccc(N2c3ccc(C(C)(C)C)cc3B3c4c(cc(C(C)(C)C)cc42)-c2ccc(-c4ccccc4)c4c5cc(C(C)(C)C)ccc5n3c24)cc1. The molecule has 2 nitrogen and oxygen atoms in total. The number of nitrogens with zero attached hydrogens (tertiary/aromatic N) is 2. The van der Waals surface area contributed by atoms with Crippen LogP contribution in [0.5, 0.6) is 0 Å². The van der Waals surface area contributed by atoms with E-state index in [9.17, 15) is 0 Å². The van der Waals surface area contributed by atoms with Gasteiger partial charge in [0.25, 0.3) is 0 Å². The normalized spacial score (nSPS) is 14.1. The average molecular weight is 719 g/mol. The van der Waals surface area contributed by atoms with E-state index < -0.39 is 0 Å². The van der Waals surface area contributed by atoms with Gasteiger partial charge in [-0.25, -0.2) is 0 Å². The highest BCUT2D eigenvalue weighted by Crippen LogP contribution is 2.49. The maximum absolute atomic E-state index is 2.73. The van der Waals surface area contributed by atoms with E-state index in [2.05, 4.69) is 208 Å². The van der Waals surface area contributed by atoms with Crippen molar-refractivity contribution < 1.29 is 0 Å². The van der Waals surface area contributed by atoms with Crippen molar-refractivity contribution in [3.63, 3.8) is 0 Å². The summed E-state index contributed by atoms with van der Waals surface area (Å²) < 4.78 is 2.73. The number of anilines is 3. The average Bonchev–Trinajstić information content (AvgIpc) is 3.46. The zero-order chi connectivity index (χ0) is 39.0. The molecule has 0 radical (unpaired) electrons. The van der Waals surface area contributed by atoms with Gasteiger partial charge in [0.2, 0.25) is 0 Å². The van der Waals surface area contributed by atoms with Crippen LogP contribution in [-0.2, 0) is 21.7 Å². The lowest BCUT2D eigenvalue weighted by molar-refractivity contribution is 0.590. The first-order valence-electron chi connectivity index (χ1n) is 20.2. The molecule has 3 heterocycles. The van der Waals surface area contributed by atoms with Crippen molar-refractivity contribution in [3.05, 3.63) is 138 Å². The third kappa shape index (κ3) is 5.52. The lowest BCUT2D eigenvalue weighted by Gasteiger charge is -2.42. The fourth-order valence-corrected chi connectivity index (χ4v) is 9.14. The number of hydrogen-bond acceptors (Lipinski definition) is 1. The first-order chi connectivity index (χ1) is 25.8. The molecule has 276 valence electrons. The van der Waals surface area contributed by atoms with E-state index in [-0.39, 0.29) is 28.5 Å². The number of benzene rings is 6. The third-order valence-corrected chi connectivity index (χ3v) is 12.4.